The molecule has 0 aromatic carbocycles. The number of carbonyl (C=O) groups excluding carboxylic acids is 1. The van der Waals surface area contributed by atoms with Gasteiger partial charge in [0.2, 0.25) is 0 Å². The lowest BCUT2D eigenvalue weighted by molar-refractivity contribution is -0.119. The first-order valence-corrected chi connectivity index (χ1v) is 4.70. The minimum atomic E-state index is -1.11. The Balaban J connectivity index is 3.91. The quantitative estimate of drug-likeness (QED) is 0.602. The van der Waals surface area contributed by atoms with Gasteiger partial charge in [-0.2, -0.15) is 0 Å². The molecule has 14 heavy (non-hydrogen) atoms. The van der Waals surface area contributed by atoms with E-state index in [1.54, 1.807) is 6.08 Å². The summed E-state index contributed by atoms with van der Waals surface area (Å²) in [6.07, 6.45) is 6.42. The topological polar surface area (TPSA) is 37.3 Å². The number of rotatable bonds is 8. The van der Waals surface area contributed by atoms with Gasteiger partial charge in [0.25, 0.3) is 0 Å². The molecule has 0 amide bonds. The van der Waals surface area contributed by atoms with E-state index in [1.807, 2.05) is 0 Å². The Bertz CT molecular complexity index is 220. The summed E-state index contributed by atoms with van der Waals surface area (Å²) in [5, 5.41) is 9.69. The van der Waals surface area contributed by atoms with Crippen molar-refractivity contribution in [3.63, 3.8) is 0 Å². The predicted molar refractivity (Wildman–Crippen MR) is 59.0 cm³/mol. The van der Waals surface area contributed by atoms with Crippen molar-refractivity contribution in [1.82, 2.24) is 0 Å². The molecule has 2 nitrogen and oxygen atoms in total. The van der Waals surface area contributed by atoms with Crippen LogP contribution >= 0.6 is 0 Å². The molecule has 0 radical (unpaired) electrons. The first-order chi connectivity index (χ1) is 6.58. The molecule has 0 aliphatic rings. The molecule has 0 aliphatic carbocycles. The third kappa shape index (κ3) is 4.77. The molecule has 1 N–H and O–H groups in total. The Morgan fingerprint density at radius 2 is 1.79 bits per heavy atom. The minimum Gasteiger partial charge on any atom is -0.382 e. The first-order valence-electron chi connectivity index (χ1n) is 4.70. The Morgan fingerprint density at radius 3 is 2.21 bits per heavy atom. The van der Waals surface area contributed by atoms with Gasteiger partial charge in [0.15, 0.2) is 0 Å². The van der Waals surface area contributed by atoms with Crippen LogP contribution in [0.1, 0.15) is 25.7 Å². The van der Waals surface area contributed by atoms with E-state index >= 15 is 0 Å². The van der Waals surface area contributed by atoms with Crippen LogP contribution < -0.4 is 0 Å². The number of hydrogen-bond donors (Lipinski definition) is 1. The first kappa shape index (κ1) is 12.8. The van der Waals surface area contributed by atoms with Gasteiger partial charge < -0.3 is 5.11 Å². The molecular formula is C12H18O2. The molecular weight excluding hydrogens is 176 g/mol. The standard InChI is InChI=1S/C12H18O2/c1-4-7-8-11(13)9-10-12(14,5-2)6-3/h4-6,14H,1-3,7-10H2. The average molecular weight is 194 g/mol. The predicted octanol–water partition coefficient (Wildman–Crippen LogP) is 2.41. The fraction of sp³-hybridized carbons (Fsp3) is 0.417. The van der Waals surface area contributed by atoms with Crippen LogP contribution in [-0.4, -0.2) is 16.5 Å². The van der Waals surface area contributed by atoms with Gasteiger partial charge in [-0.25, -0.2) is 0 Å². The highest BCUT2D eigenvalue weighted by atomic mass is 16.3. The average Bonchev–Trinajstić information content (AvgIpc) is 2.23. The van der Waals surface area contributed by atoms with Crippen molar-refractivity contribution in [2.75, 3.05) is 0 Å². The van der Waals surface area contributed by atoms with Crippen molar-refractivity contribution in [2.24, 2.45) is 0 Å². The van der Waals surface area contributed by atoms with Crippen LogP contribution in [0.2, 0.25) is 0 Å². The lowest BCUT2D eigenvalue weighted by atomic mass is 9.95. The van der Waals surface area contributed by atoms with E-state index in [9.17, 15) is 9.90 Å². The van der Waals surface area contributed by atoms with Crippen molar-refractivity contribution in [1.29, 1.82) is 0 Å². The van der Waals surface area contributed by atoms with Gasteiger partial charge in [0.1, 0.15) is 11.4 Å². The van der Waals surface area contributed by atoms with Gasteiger partial charge >= 0.3 is 0 Å². The molecule has 0 heterocycles. The van der Waals surface area contributed by atoms with E-state index in [2.05, 4.69) is 19.7 Å². The maximum Gasteiger partial charge on any atom is 0.133 e. The van der Waals surface area contributed by atoms with E-state index in [0.717, 1.165) is 0 Å². The molecule has 0 rings (SSSR count). The van der Waals surface area contributed by atoms with Crippen LogP contribution in [0.5, 0.6) is 0 Å². The number of ketones is 1. The molecule has 0 aromatic rings. The summed E-state index contributed by atoms with van der Waals surface area (Å²) < 4.78 is 0. The second-order valence-electron chi connectivity index (χ2n) is 3.27. The largest absolute Gasteiger partial charge is 0.382 e. The molecule has 0 fully saturated rings. The van der Waals surface area contributed by atoms with Gasteiger partial charge in [0, 0.05) is 12.8 Å². The van der Waals surface area contributed by atoms with E-state index in [-0.39, 0.29) is 5.78 Å². The van der Waals surface area contributed by atoms with Crippen molar-refractivity contribution >= 4 is 5.78 Å². The minimum absolute atomic E-state index is 0.132. The second kappa shape index (κ2) is 6.33. The molecule has 0 saturated carbocycles. The normalized spacial score (nSPS) is 10.6. The van der Waals surface area contributed by atoms with Crippen LogP contribution in [-0.2, 0) is 4.79 Å². The van der Waals surface area contributed by atoms with E-state index in [4.69, 9.17) is 0 Å². The maximum absolute atomic E-state index is 11.3. The zero-order valence-corrected chi connectivity index (χ0v) is 8.54. The highest BCUT2D eigenvalue weighted by Crippen LogP contribution is 2.16. The zero-order valence-electron chi connectivity index (χ0n) is 8.54. The molecule has 0 atom stereocenters. The van der Waals surface area contributed by atoms with Crippen LogP contribution in [0.3, 0.4) is 0 Å². The second-order valence-corrected chi connectivity index (χ2v) is 3.27. The Hall–Kier alpha value is -1.15. The summed E-state index contributed by atoms with van der Waals surface area (Å²) in [7, 11) is 0. The summed E-state index contributed by atoms with van der Waals surface area (Å²) in [6.45, 7) is 10.5. The molecule has 2 heteroatoms. The van der Waals surface area contributed by atoms with E-state index < -0.39 is 5.60 Å². The van der Waals surface area contributed by atoms with Gasteiger partial charge in [-0.3, -0.25) is 4.79 Å². The van der Waals surface area contributed by atoms with Crippen LogP contribution in [0.4, 0.5) is 0 Å². The van der Waals surface area contributed by atoms with Crippen LogP contribution in [0, 0.1) is 0 Å². The van der Waals surface area contributed by atoms with E-state index in [1.165, 1.54) is 12.2 Å². The highest BCUT2D eigenvalue weighted by Gasteiger charge is 2.18. The number of carbonyl (C=O) groups is 1. The summed E-state index contributed by atoms with van der Waals surface area (Å²) in [5.74, 6) is 0.132. The van der Waals surface area contributed by atoms with Gasteiger partial charge in [-0.1, -0.05) is 31.4 Å². The van der Waals surface area contributed by atoms with Gasteiger partial charge in [-0.05, 0) is 12.8 Å². The summed E-state index contributed by atoms with van der Waals surface area (Å²) in [4.78, 5) is 11.3. The lowest BCUT2D eigenvalue weighted by Crippen LogP contribution is -2.23. The van der Waals surface area contributed by atoms with Crippen molar-refractivity contribution in [3.05, 3.63) is 38.0 Å². The molecule has 78 valence electrons. The monoisotopic (exact) mass is 194 g/mol. The highest BCUT2D eigenvalue weighted by molar-refractivity contribution is 5.78. The molecule has 0 aliphatic heterocycles. The fourth-order valence-electron chi connectivity index (χ4n) is 1.02. The number of aliphatic hydroxyl groups is 1. The molecule has 0 spiro atoms. The fourth-order valence-corrected chi connectivity index (χ4v) is 1.02. The Morgan fingerprint density at radius 1 is 1.21 bits per heavy atom. The summed E-state index contributed by atoms with van der Waals surface area (Å²) in [6, 6.07) is 0. The van der Waals surface area contributed by atoms with Crippen LogP contribution in [0.25, 0.3) is 0 Å². The van der Waals surface area contributed by atoms with E-state index in [0.29, 0.717) is 25.7 Å². The number of Topliss-reactive ketones (excluding diaryl/α,β-unsaturated/α-hetero) is 1. The number of allylic oxidation sites excluding steroid dienone is 1. The van der Waals surface area contributed by atoms with Crippen LogP contribution in [0.15, 0.2) is 38.0 Å². The third-order valence-electron chi connectivity index (χ3n) is 2.14. The van der Waals surface area contributed by atoms with Gasteiger partial charge in [-0.15, -0.1) is 6.58 Å². The molecule has 0 aromatic heterocycles. The lowest BCUT2D eigenvalue weighted by Gasteiger charge is -2.18. The maximum atomic E-state index is 11.3. The van der Waals surface area contributed by atoms with Gasteiger partial charge in [0.05, 0.1) is 0 Å². The van der Waals surface area contributed by atoms with Crippen molar-refractivity contribution in [2.45, 2.75) is 31.3 Å². The SMILES string of the molecule is C=CCCC(=O)CCC(O)(C=C)C=C. The van der Waals surface area contributed by atoms with Crippen molar-refractivity contribution < 1.29 is 9.90 Å². The van der Waals surface area contributed by atoms with Crippen molar-refractivity contribution in [3.8, 4) is 0 Å². The smallest absolute Gasteiger partial charge is 0.133 e. The Labute approximate surface area is 85.6 Å². The number of hydrogen-bond acceptors (Lipinski definition) is 2. The zero-order chi connectivity index (χ0) is 11.0. The molecule has 0 bridgehead atoms. The summed E-state index contributed by atoms with van der Waals surface area (Å²) >= 11 is 0. The summed E-state index contributed by atoms with van der Waals surface area (Å²) in [5.41, 5.74) is -1.11. The molecule has 0 saturated heterocycles. The third-order valence-corrected chi connectivity index (χ3v) is 2.14. The molecule has 0 unspecified atom stereocenters. The Kier molecular flexibility index (Phi) is 5.81.